The Morgan fingerprint density at radius 3 is 3.09 bits per heavy atom. The molecule has 0 amide bonds. The quantitative estimate of drug-likeness (QED) is 0.513. The van der Waals surface area contributed by atoms with Gasteiger partial charge in [-0.05, 0) is 43.3 Å². The van der Waals surface area contributed by atoms with E-state index in [1.807, 2.05) is 6.26 Å². The summed E-state index contributed by atoms with van der Waals surface area (Å²) < 4.78 is 5.53. The highest BCUT2D eigenvalue weighted by molar-refractivity contribution is 5.29. The van der Waals surface area contributed by atoms with Crippen LogP contribution in [0.3, 0.4) is 0 Å². The number of rotatable bonds is 0. The summed E-state index contributed by atoms with van der Waals surface area (Å²) in [7, 11) is 0. The molecular weight excluding hydrogens is 136 g/mol. The molecule has 0 aromatic rings. The molecule has 2 unspecified atom stereocenters. The summed E-state index contributed by atoms with van der Waals surface area (Å²) >= 11 is 0. The molecule has 1 fully saturated rings. The van der Waals surface area contributed by atoms with E-state index < -0.39 is 0 Å². The third kappa shape index (κ3) is 0.661. The van der Waals surface area contributed by atoms with Gasteiger partial charge in [0.2, 0.25) is 0 Å². The molecule has 0 radical (unpaired) electrons. The first-order valence-corrected chi connectivity index (χ1v) is 4.50. The number of fused-ring (bicyclic) bond motifs is 4. The lowest BCUT2D eigenvalue weighted by Gasteiger charge is -2.20. The molecule has 58 valence electrons. The minimum atomic E-state index is 0.792. The fourth-order valence-corrected chi connectivity index (χ4v) is 2.74. The summed E-state index contributed by atoms with van der Waals surface area (Å²) in [6, 6.07) is 0. The van der Waals surface area contributed by atoms with E-state index in [4.69, 9.17) is 4.74 Å². The summed E-state index contributed by atoms with van der Waals surface area (Å²) in [6.45, 7) is 0. The summed E-state index contributed by atoms with van der Waals surface area (Å²) in [4.78, 5) is 0. The summed E-state index contributed by atoms with van der Waals surface area (Å²) in [5.41, 5.74) is 1.61. The van der Waals surface area contributed by atoms with Gasteiger partial charge in [0.25, 0.3) is 0 Å². The predicted molar refractivity (Wildman–Crippen MR) is 42.7 cm³/mol. The Hall–Kier alpha value is -0.720. The van der Waals surface area contributed by atoms with E-state index in [9.17, 15) is 0 Å². The smallest absolute Gasteiger partial charge is 0.106 e. The Kier molecular flexibility index (Phi) is 1.02. The second kappa shape index (κ2) is 1.90. The number of hydrogen-bond acceptors (Lipinski definition) is 1. The number of ether oxygens (including phenoxy) is 1. The Balaban J connectivity index is 2.02. The van der Waals surface area contributed by atoms with Crippen LogP contribution in [0.1, 0.15) is 25.7 Å². The monoisotopic (exact) mass is 148 g/mol. The highest BCUT2D eigenvalue weighted by Crippen LogP contribution is 2.51. The molecule has 0 aromatic carbocycles. The highest BCUT2D eigenvalue weighted by atomic mass is 16.5. The Morgan fingerprint density at radius 1 is 1.27 bits per heavy atom. The zero-order chi connectivity index (χ0) is 7.26. The first-order valence-electron chi connectivity index (χ1n) is 4.50. The van der Waals surface area contributed by atoms with E-state index >= 15 is 0 Å². The van der Waals surface area contributed by atoms with Crippen molar-refractivity contribution in [1.29, 1.82) is 0 Å². The van der Waals surface area contributed by atoms with Crippen LogP contribution in [-0.4, -0.2) is 0 Å². The van der Waals surface area contributed by atoms with E-state index in [0.29, 0.717) is 0 Å². The average Bonchev–Trinajstić information content (AvgIpc) is 2.64. The van der Waals surface area contributed by atoms with E-state index in [1.54, 1.807) is 5.57 Å². The lowest BCUT2D eigenvalue weighted by atomic mass is 9.94. The maximum Gasteiger partial charge on any atom is 0.106 e. The Bertz CT molecular complexity index is 226. The van der Waals surface area contributed by atoms with Gasteiger partial charge in [0.05, 0.1) is 6.26 Å². The van der Waals surface area contributed by atoms with Gasteiger partial charge in [-0.3, -0.25) is 0 Å². The first-order chi connectivity index (χ1) is 5.45. The lowest BCUT2D eigenvalue weighted by molar-refractivity contribution is 0.283. The van der Waals surface area contributed by atoms with Gasteiger partial charge in [0, 0.05) is 5.92 Å². The Morgan fingerprint density at radius 2 is 2.18 bits per heavy atom. The number of hydrogen-bond donors (Lipinski definition) is 0. The first kappa shape index (κ1) is 5.87. The molecule has 1 heterocycles. The number of allylic oxidation sites excluding steroid dienone is 3. The lowest BCUT2D eigenvalue weighted by Crippen LogP contribution is -2.06. The fourth-order valence-electron chi connectivity index (χ4n) is 2.74. The van der Waals surface area contributed by atoms with Crippen molar-refractivity contribution >= 4 is 0 Å². The molecule has 1 aliphatic heterocycles. The predicted octanol–water partition coefficient (Wildman–Crippen LogP) is 2.60. The molecule has 2 atom stereocenters. The van der Waals surface area contributed by atoms with Crippen LogP contribution < -0.4 is 0 Å². The van der Waals surface area contributed by atoms with Crippen LogP contribution in [0.4, 0.5) is 0 Å². The second-order valence-electron chi connectivity index (χ2n) is 3.79. The van der Waals surface area contributed by atoms with Gasteiger partial charge in [-0.1, -0.05) is 0 Å². The van der Waals surface area contributed by atoms with Gasteiger partial charge in [0.1, 0.15) is 5.76 Å². The highest BCUT2D eigenvalue weighted by Gasteiger charge is 2.40. The summed E-state index contributed by atoms with van der Waals surface area (Å²) in [6.07, 6.45) is 9.33. The maximum absolute atomic E-state index is 5.53. The van der Waals surface area contributed by atoms with Crippen LogP contribution in [0, 0.1) is 11.8 Å². The standard InChI is InChI=1S/C10H12O/c1-2-9-7-3-4-8(6-7)10(9)11-5-1/h1,5,7-8H,2-4,6H2. The normalized spacial score (nSPS) is 39.3. The van der Waals surface area contributed by atoms with Crippen LogP contribution in [-0.2, 0) is 4.74 Å². The van der Waals surface area contributed by atoms with Crippen molar-refractivity contribution in [3.05, 3.63) is 23.7 Å². The van der Waals surface area contributed by atoms with Crippen molar-refractivity contribution in [2.45, 2.75) is 25.7 Å². The molecule has 2 aliphatic carbocycles. The molecule has 3 rings (SSSR count). The second-order valence-corrected chi connectivity index (χ2v) is 3.79. The molecule has 0 spiro atoms. The van der Waals surface area contributed by atoms with Crippen LogP contribution in [0.5, 0.6) is 0 Å². The molecule has 11 heavy (non-hydrogen) atoms. The molecule has 1 saturated carbocycles. The summed E-state index contributed by atoms with van der Waals surface area (Å²) in [5, 5.41) is 0. The molecule has 0 N–H and O–H groups in total. The maximum atomic E-state index is 5.53. The molecule has 2 bridgehead atoms. The molecule has 0 saturated heterocycles. The third-order valence-electron chi connectivity index (χ3n) is 3.24. The van der Waals surface area contributed by atoms with Gasteiger partial charge >= 0.3 is 0 Å². The largest absolute Gasteiger partial charge is 0.469 e. The van der Waals surface area contributed by atoms with Gasteiger partial charge in [-0.15, -0.1) is 0 Å². The Labute approximate surface area is 66.7 Å². The van der Waals surface area contributed by atoms with Crippen molar-refractivity contribution in [3.63, 3.8) is 0 Å². The van der Waals surface area contributed by atoms with Crippen molar-refractivity contribution in [2.24, 2.45) is 11.8 Å². The van der Waals surface area contributed by atoms with Gasteiger partial charge in [-0.2, -0.15) is 0 Å². The molecule has 1 nitrogen and oxygen atoms in total. The van der Waals surface area contributed by atoms with Gasteiger partial charge in [0.15, 0.2) is 0 Å². The van der Waals surface area contributed by atoms with E-state index in [0.717, 1.165) is 18.3 Å². The van der Waals surface area contributed by atoms with Crippen LogP contribution in [0.2, 0.25) is 0 Å². The van der Waals surface area contributed by atoms with Crippen molar-refractivity contribution in [1.82, 2.24) is 0 Å². The van der Waals surface area contributed by atoms with Crippen molar-refractivity contribution in [2.75, 3.05) is 0 Å². The van der Waals surface area contributed by atoms with Crippen LogP contribution >= 0.6 is 0 Å². The SMILES string of the molecule is C1=COC2=C(C1)C1CCC2C1. The van der Waals surface area contributed by atoms with E-state index in [-0.39, 0.29) is 0 Å². The average molecular weight is 148 g/mol. The molecule has 0 aromatic heterocycles. The topological polar surface area (TPSA) is 9.23 Å². The van der Waals surface area contributed by atoms with Gasteiger partial charge < -0.3 is 4.74 Å². The van der Waals surface area contributed by atoms with Crippen LogP contribution in [0.15, 0.2) is 23.7 Å². The minimum absolute atomic E-state index is 0.792. The molecule has 1 heteroatoms. The zero-order valence-electron chi connectivity index (χ0n) is 6.55. The van der Waals surface area contributed by atoms with E-state index in [1.165, 1.54) is 25.0 Å². The zero-order valence-corrected chi connectivity index (χ0v) is 6.55. The molecular formula is C10H12O. The van der Waals surface area contributed by atoms with E-state index in [2.05, 4.69) is 6.08 Å². The van der Waals surface area contributed by atoms with Gasteiger partial charge in [-0.25, -0.2) is 0 Å². The molecule has 3 aliphatic rings. The minimum Gasteiger partial charge on any atom is -0.469 e. The van der Waals surface area contributed by atoms with Crippen molar-refractivity contribution in [3.8, 4) is 0 Å². The third-order valence-corrected chi connectivity index (χ3v) is 3.24. The van der Waals surface area contributed by atoms with Crippen LogP contribution in [0.25, 0.3) is 0 Å². The summed E-state index contributed by atoms with van der Waals surface area (Å²) in [5.74, 6) is 3.02. The van der Waals surface area contributed by atoms with Crippen molar-refractivity contribution < 1.29 is 4.74 Å². The fraction of sp³-hybridized carbons (Fsp3) is 0.600.